The van der Waals surface area contributed by atoms with E-state index in [0.717, 1.165) is 16.2 Å². The van der Waals surface area contributed by atoms with E-state index in [2.05, 4.69) is 31.1 Å². The highest BCUT2D eigenvalue weighted by molar-refractivity contribution is 8.00. The van der Waals surface area contributed by atoms with E-state index in [9.17, 15) is 24.3 Å². The number of carbonyl (C=O) groups excluding carboxylic acids is 3. The molecule has 15 nitrogen and oxygen atoms in total. The number of carboxylic acid groups (broad SMARTS) is 1. The van der Waals surface area contributed by atoms with Crippen LogP contribution in [0.2, 0.25) is 15.1 Å². The Morgan fingerprint density at radius 2 is 1.81 bits per heavy atom. The van der Waals surface area contributed by atoms with Crippen molar-refractivity contribution in [3.63, 3.8) is 0 Å². The van der Waals surface area contributed by atoms with Crippen LogP contribution in [0.5, 0.6) is 17.2 Å². The number of rotatable bonds is 12. The Balaban J connectivity index is 1.07. The highest BCUT2D eigenvalue weighted by Gasteiger charge is 2.54. The quantitative estimate of drug-likeness (QED) is 0.177. The third kappa shape index (κ3) is 7.50. The summed E-state index contributed by atoms with van der Waals surface area (Å²) < 4.78 is 13.1. The van der Waals surface area contributed by atoms with Crippen molar-refractivity contribution in [3.05, 3.63) is 80.1 Å². The number of aliphatic carboxylic acids is 1. The van der Waals surface area contributed by atoms with Crippen molar-refractivity contribution in [3.8, 4) is 17.2 Å². The van der Waals surface area contributed by atoms with Crippen LogP contribution in [-0.2, 0) is 32.1 Å². The number of β-lactam (4-membered cyclic amide) rings is 1. The maximum absolute atomic E-state index is 13.2. The number of hydrogen-bond acceptors (Lipinski definition) is 12. The zero-order valence-corrected chi connectivity index (χ0v) is 28.0. The van der Waals surface area contributed by atoms with E-state index in [4.69, 9.17) is 44.3 Å². The van der Waals surface area contributed by atoms with Gasteiger partial charge in [0.05, 0.1) is 11.4 Å². The van der Waals surface area contributed by atoms with Crippen LogP contribution in [0.25, 0.3) is 0 Å². The van der Waals surface area contributed by atoms with Gasteiger partial charge in [-0.3, -0.25) is 19.3 Å². The number of anilines is 1. The fourth-order valence-electron chi connectivity index (χ4n) is 4.70. The molecule has 0 aliphatic carbocycles. The molecule has 4 heterocycles. The molecule has 2 aromatic heterocycles. The van der Waals surface area contributed by atoms with E-state index in [1.807, 2.05) is 0 Å². The summed E-state index contributed by atoms with van der Waals surface area (Å²) in [6, 6.07) is 8.47. The predicted octanol–water partition coefficient (Wildman–Crippen LogP) is 3.88. The molecule has 0 spiro atoms. The number of thiazole rings is 1. The lowest BCUT2D eigenvalue weighted by Crippen LogP contribution is -2.70. The number of halogens is 3. The van der Waals surface area contributed by atoms with Gasteiger partial charge in [-0.15, -0.1) is 28.2 Å². The number of ether oxygens (including phenoxy) is 2. The van der Waals surface area contributed by atoms with Gasteiger partial charge >= 0.3 is 5.97 Å². The summed E-state index contributed by atoms with van der Waals surface area (Å²) in [4.78, 5) is 56.3. The summed E-state index contributed by atoms with van der Waals surface area (Å²) in [5.41, 5.74) is 0.126. The van der Waals surface area contributed by atoms with Gasteiger partial charge in [-0.1, -0.05) is 34.8 Å². The van der Waals surface area contributed by atoms with Crippen LogP contribution >= 0.6 is 57.9 Å². The lowest BCUT2D eigenvalue weighted by Gasteiger charge is -2.49. The largest absolute Gasteiger partial charge is 0.485 e. The number of amides is 3. The van der Waals surface area contributed by atoms with E-state index in [0.29, 0.717) is 26.2 Å². The van der Waals surface area contributed by atoms with Gasteiger partial charge in [0.2, 0.25) is 11.8 Å². The Morgan fingerprint density at radius 3 is 2.54 bits per heavy atom. The van der Waals surface area contributed by atoms with Gasteiger partial charge in [-0.05, 0) is 40.8 Å². The first kappa shape index (κ1) is 33.5. The number of nitrogens with one attached hydrogen (secondary N) is 2. The second-order valence-electron chi connectivity index (χ2n) is 10.1. The van der Waals surface area contributed by atoms with E-state index < -0.39 is 35.1 Å². The number of tetrazole rings is 1. The molecule has 20 heteroatoms. The normalized spacial score (nSPS) is 17.0. The number of nitrogens with zero attached hydrogens (tertiary/aromatic N) is 6. The molecule has 2 atom stereocenters. The standard InChI is InChI=1S/C28H21Cl3N8O7S2/c29-14-1-3-18(17(31)5-14)46-19-4-2-15(30)6-20(19)45-10-13-11-47-26-23(25(42)39(26)24(13)27(43)44)34-21(40)7-16-8-32-28(48-16)35-22(41)9-38-12-33-36-37-38/h1-6,8,12,23,26H,7,9-11H2,(H,34,40)(H,43,44)(H,32,35,41)/t23?,26-/m0/s1. The number of aromatic nitrogens is 5. The summed E-state index contributed by atoms with van der Waals surface area (Å²) in [6.07, 6.45) is 2.63. The molecule has 0 bridgehead atoms. The minimum absolute atomic E-state index is 0.103. The molecule has 1 saturated heterocycles. The molecular formula is C28H21Cl3N8O7S2. The van der Waals surface area contributed by atoms with Gasteiger partial charge in [0, 0.05) is 38.5 Å². The Morgan fingerprint density at radius 1 is 1.04 bits per heavy atom. The molecule has 1 unspecified atom stereocenters. The molecule has 0 saturated carbocycles. The highest BCUT2D eigenvalue weighted by Crippen LogP contribution is 2.42. The van der Waals surface area contributed by atoms with E-state index in [-0.39, 0.29) is 52.7 Å². The molecule has 2 aliphatic rings. The van der Waals surface area contributed by atoms with Crippen molar-refractivity contribution < 1.29 is 33.8 Å². The zero-order chi connectivity index (χ0) is 33.9. The average molecular weight is 752 g/mol. The molecule has 48 heavy (non-hydrogen) atoms. The van der Waals surface area contributed by atoms with Gasteiger partial charge in [0.25, 0.3) is 5.91 Å². The molecule has 4 aromatic rings. The predicted molar refractivity (Wildman–Crippen MR) is 175 cm³/mol. The number of carbonyl (C=O) groups is 4. The lowest BCUT2D eigenvalue weighted by atomic mass is 10.0. The first-order valence-corrected chi connectivity index (χ1v) is 16.8. The summed E-state index contributed by atoms with van der Waals surface area (Å²) in [7, 11) is 0. The van der Waals surface area contributed by atoms with Crippen molar-refractivity contribution in [2.24, 2.45) is 0 Å². The molecule has 2 aliphatic heterocycles. The third-order valence-corrected chi connectivity index (χ3v) is 9.84. The summed E-state index contributed by atoms with van der Waals surface area (Å²) in [5, 5.41) is 26.6. The monoisotopic (exact) mass is 750 g/mol. The summed E-state index contributed by atoms with van der Waals surface area (Å²) >= 11 is 20.8. The zero-order valence-electron chi connectivity index (χ0n) is 24.1. The smallest absolute Gasteiger partial charge is 0.352 e. The minimum Gasteiger partial charge on any atom is -0.485 e. The molecule has 1 fully saturated rings. The topological polar surface area (TPSA) is 191 Å². The lowest BCUT2D eigenvalue weighted by molar-refractivity contribution is -0.150. The van der Waals surface area contributed by atoms with E-state index >= 15 is 0 Å². The van der Waals surface area contributed by atoms with Crippen LogP contribution < -0.4 is 20.1 Å². The number of hydrogen-bond donors (Lipinski definition) is 3. The van der Waals surface area contributed by atoms with Gasteiger partial charge < -0.3 is 25.2 Å². The Kier molecular flexibility index (Phi) is 10.0. The average Bonchev–Trinajstić information content (AvgIpc) is 3.72. The summed E-state index contributed by atoms with van der Waals surface area (Å²) in [5.74, 6) is -1.74. The first-order chi connectivity index (χ1) is 23.0. The van der Waals surface area contributed by atoms with Crippen LogP contribution in [0, 0.1) is 0 Å². The van der Waals surface area contributed by atoms with Gasteiger partial charge in [0.15, 0.2) is 16.6 Å². The van der Waals surface area contributed by atoms with Gasteiger partial charge in [-0.2, -0.15) is 0 Å². The molecule has 3 amide bonds. The van der Waals surface area contributed by atoms with Crippen LogP contribution in [0.4, 0.5) is 5.13 Å². The van der Waals surface area contributed by atoms with Crippen LogP contribution in [0.1, 0.15) is 4.88 Å². The van der Waals surface area contributed by atoms with Crippen LogP contribution in [-0.4, -0.2) is 82.7 Å². The van der Waals surface area contributed by atoms with E-state index in [1.165, 1.54) is 41.1 Å². The Hall–Kier alpha value is -4.42. The fourth-order valence-corrected chi connectivity index (χ4v) is 7.47. The second-order valence-corrected chi connectivity index (χ2v) is 13.6. The van der Waals surface area contributed by atoms with Crippen molar-refractivity contribution >= 4 is 86.7 Å². The van der Waals surface area contributed by atoms with Crippen molar-refractivity contribution in [1.29, 1.82) is 0 Å². The van der Waals surface area contributed by atoms with E-state index in [1.54, 1.807) is 24.3 Å². The number of thioether (sulfide) groups is 1. The van der Waals surface area contributed by atoms with Crippen LogP contribution in [0.3, 0.4) is 0 Å². The van der Waals surface area contributed by atoms with Crippen molar-refractivity contribution in [2.75, 3.05) is 17.7 Å². The number of carboxylic acids is 1. The maximum Gasteiger partial charge on any atom is 0.352 e. The number of benzene rings is 2. The van der Waals surface area contributed by atoms with Gasteiger partial charge in [0.1, 0.15) is 42.3 Å². The van der Waals surface area contributed by atoms with Crippen molar-refractivity contribution in [1.82, 2.24) is 35.4 Å². The summed E-state index contributed by atoms with van der Waals surface area (Å²) in [6.45, 7) is -0.300. The third-order valence-electron chi connectivity index (χ3n) is 6.82. The molecule has 3 N–H and O–H groups in total. The molecule has 2 aromatic carbocycles. The molecule has 6 rings (SSSR count). The number of fused-ring (bicyclic) bond motifs is 1. The molecule has 0 radical (unpaired) electrons. The van der Waals surface area contributed by atoms with Crippen LogP contribution in [0.15, 0.2) is 60.2 Å². The minimum atomic E-state index is -1.31. The highest BCUT2D eigenvalue weighted by atomic mass is 35.5. The Bertz CT molecular complexity index is 1940. The molecule has 248 valence electrons. The van der Waals surface area contributed by atoms with Gasteiger partial charge in [-0.25, -0.2) is 14.5 Å². The molecular weight excluding hydrogens is 731 g/mol. The fraction of sp³-hybridized carbons (Fsp3) is 0.214. The second kappa shape index (κ2) is 14.4. The maximum atomic E-state index is 13.2. The SMILES string of the molecule is O=C(Cn1cnnn1)Nc1ncc(CC(=O)NC2C(=O)N3C(C(=O)O)=C(COc4cc(Cl)ccc4Oc4ccc(Cl)cc4Cl)CS[C@@H]23)s1. The first-order valence-electron chi connectivity index (χ1n) is 13.8. The van der Waals surface area contributed by atoms with Crippen molar-refractivity contribution in [2.45, 2.75) is 24.4 Å². The Labute approximate surface area is 294 Å².